The van der Waals surface area contributed by atoms with Gasteiger partial charge in [0, 0.05) is 10.5 Å². The predicted molar refractivity (Wildman–Crippen MR) is 72.7 cm³/mol. The van der Waals surface area contributed by atoms with Crippen molar-refractivity contribution < 1.29 is 13.5 Å². The van der Waals surface area contributed by atoms with Crippen LogP contribution in [0.15, 0.2) is 33.6 Å². The molecule has 0 unspecified atom stereocenters. The molecule has 1 saturated carbocycles. The number of rotatable bonds is 3. The molecule has 0 amide bonds. The van der Waals surface area contributed by atoms with Crippen LogP contribution in [0.3, 0.4) is 0 Å². The summed E-state index contributed by atoms with van der Waals surface area (Å²) in [7, 11) is -3.54. The van der Waals surface area contributed by atoms with Crippen LogP contribution < -0.4 is 4.72 Å². The van der Waals surface area contributed by atoms with Gasteiger partial charge in [-0.1, -0.05) is 28.8 Å². The van der Waals surface area contributed by atoms with E-state index < -0.39 is 16.1 Å². The molecule has 1 aromatic carbocycles. The molecule has 0 saturated heterocycles. The largest absolute Gasteiger partial charge is 0.391 e. The van der Waals surface area contributed by atoms with Crippen LogP contribution in [0.5, 0.6) is 0 Å². The minimum absolute atomic E-state index is 0.225. The highest BCUT2D eigenvalue weighted by Gasteiger charge is 2.27. The van der Waals surface area contributed by atoms with E-state index in [9.17, 15) is 13.5 Å². The lowest BCUT2D eigenvalue weighted by Gasteiger charge is -2.28. The third kappa shape index (κ3) is 3.32. The molecule has 2 rings (SSSR count). The number of sulfonamides is 1. The van der Waals surface area contributed by atoms with Crippen molar-refractivity contribution in [2.45, 2.75) is 42.7 Å². The van der Waals surface area contributed by atoms with Gasteiger partial charge in [0.15, 0.2) is 0 Å². The Bertz CT molecular complexity index is 501. The Labute approximate surface area is 116 Å². The SMILES string of the molecule is O=S(=O)(N[C@H]1CCCC[C@H]1O)c1ccc(Br)cc1. The van der Waals surface area contributed by atoms with Gasteiger partial charge in [-0.2, -0.15) is 0 Å². The highest BCUT2D eigenvalue weighted by molar-refractivity contribution is 9.10. The summed E-state index contributed by atoms with van der Waals surface area (Å²) in [5.74, 6) is 0. The summed E-state index contributed by atoms with van der Waals surface area (Å²) in [6.07, 6.45) is 2.68. The summed E-state index contributed by atoms with van der Waals surface area (Å²) in [6, 6.07) is 6.09. The topological polar surface area (TPSA) is 66.4 Å². The van der Waals surface area contributed by atoms with Crippen LogP contribution >= 0.6 is 15.9 Å². The molecular formula is C12H16BrNO3S. The number of benzene rings is 1. The van der Waals surface area contributed by atoms with E-state index >= 15 is 0 Å². The molecule has 1 fully saturated rings. The van der Waals surface area contributed by atoms with E-state index in [0.717, 1.165) is 17.3 Å². The maximum Gasteiger partial charge on any atom is 0.240 e. The number of hydrogen-bond acceptors (Lipinski definition) is 3. The van der Waals surface area contributed by atoms with Crippen molar-refractivity contribution in [3.63, 3.8) is 0 Å². The standard InChI is InChI=1S/C12H16BrNO3S/c13-9-5-7-10(8-6-9)18(16,17)14-11-3-1-2-4-12(11)15/h5-8,11-12,14-15H,1-4H2/t11-,12+/m0/s1. The molecule has 1 aliphatic rings. The molecule has 0 aliphatic heterocycles. The van der Waals surface area contributed by atoms with Crippen molar-refractivity contribution in [3.8, 4) is 0 Å². The molecule has 1 aromatic rings. The third-order valence-corrected chi connectivity index (χ3v) is 5.19. The van der Waals surface area contributed by atoms with Gasteiger partial charge in [-0.05, 0) is 37.1 Å². The van der Waals surface area contributed by atoms with Crippen molar-refractivity contribution in [1.82, 2.24) is 4.72 Å². The molecular weight excluding hydrogens is 318 g/mol. The fourth-order valence-electron chi connectivity index (χ4n) is 2.13. The Morgan fingerprint density at radius 2 is 1.78 bits per heavy atom. The van der Waals surface area contributed by atoms with Gasteiger partial charge in [-0.15, -0.1) is 0 Å². The smallest absolute Gasteiger partial charge is 0.240 e. The normalized spacial score (nSPS) is 25.0. The first-order valence-electron chi connectivity index (χ1n) is 5.95. The molecule has 0 aromatic heterocycles. The summed E-state index contributed by atoms with van der Waals surface area (Å²) in [6.45, 7) is 0. The molecule has 6 heteroatoms. The summed E-state index contributed by atoms with van der Waals surface area (Å²) in [5, 5.41) is 9.79. The molecule has 2 atom stereocenters. The van der Waals surface area contributed by atoms with Crippen molar-refractivity contribution in [3.05, 3.63) is 28.7 Å². The average Bonchev–Trinajstić information content (AvgIpc) is 2.32. The fraction of sp³-hybridized carbons (Fsp3) is 0.500. The first-order chi connectivity index (χ1) is 8.49. The first kappa shape index (κ1) is 14.0. The maximum atomic E-state index is 12.1. The van der Waals surface area contributed by atoms with Crippen molar-refractivity contribution in [2.24, 2.45) is 0 Å². The van der Waals surface area contributed by atoms with Crippen molar-refractivity contribution >= 4 is 26.0 Å². The fourth-order valence-corrected chi connectivity index (χ4v) is 3.70. The van der Waals surface area contributed by atoms with Crippen LogP contribution in [0.2, 0.25) is 0 Å². The van der Waals surface area contributed by atoms with Crippen LogP contribution in [0, 0.1) is 0 Å². The zero-order valence-electron chi connectivity index (χ0n) is 9.84. The number of aliphatic hydroxyl groups is 1. The van der Waals surface area contributed by atoms with Crippen LogP contribution in [-0.2, 0) is 10.0 Å². The molecule has 0 heterocycles. The Kier molecular flexibility index (Phi) is 4.42. The number of halogens is 1. The van der Waals surface area contributed by atoms with E-state index in [2.05, 4.69) is 20.7 Å². The predicted octanol–water partition coefficient (Wildman–Crippen LogP) is 2.03. The summed E-state index contributed by atoms with van der Waals surface area (Å²) >= 11 is 3.27. The monoisotopic (exact) mass is 333 g/mol. The molecule has 18 heavy (non-hydrogen) atoms. The lowest BCUT2D eigenvalue weighted by atomic mass is 9.93. The van der Waals surface area contributed by atoms with Crippen LogP contribution in [0.4, 0.5) is 0 Å². The summed E-state index contributed by atoms with van der Waals surface area (Å²) < 4.78 is 27.7. The molecule has 2 N–H and O–H groups in total. The van der Waals surface area contributed by atoms with Gasteiger partial charge >= 0.3 is 0 Å². The van der Waals surface area contributed by atoms with Gasteiger partial charge in [-0.3, -0.25) is 0 Å². The van der Waals surface area contributed by atoms with Gasteiger partial charge in [0.25, 0.3) is 0 Å². The summed E-state index contributed by atoms with van der Waals surface area (Å²) in [5.41, 5.74) is 0. The van der Waals surface area contributed by atoms with Gasteiger partial charge in [0.05, 0.1) is 11.0 Å². The Morgan fingerprint density at radius 1 is 1.17 bits per heavy atom. The van der Waals surface area contributed by atoms with Gasteiger partial charge in [0.2, 0.25) is 10.0 Å². The van der Waals surface area contributed by atoms with Crippen LogP contribution in [0.1, 0.15) is 25.7 Å². The Balaban J connectivity index is 2.13. The van der Waals surface area contributed by atoms with E-state index in [1.165, 1.54) is 0 Å². The zero-order valence-corrected chi connectivity index (χ0v) is 12.2. The second-order valence-electron chi connectivity index (χ2n) is 4.53. The number of aliphatic hydroxyl groups excluding tert-OH is 1. The molecule has 0 spiro atoms. The Hall–Kier alpha value is -0.430. The highest BCUT2D eigenvalue weighted by Crippen LogP contribution is 2.21. The van der Waals surface area contributed by atoms with E-state index in [1.807, 2.05) is 0 Å². The zero-order chi connectivity index (χ0) is 13.2. The van der Waals surface area contributed by atoms with Crippen LogP contribution in [-0.4, -0.2) is 25.7 Å². The van der Waals surface area contributed by atoms with E-state index in [4.69, 9.17) is 0 Å². The minimum atomic E-state index is -3.54. The first-order valence-corrected chi connectivity index (χ1v) is 8.22. The third-order valence-electron chi connectivity index (χ3n) is 3.16. The molecule has 4 nitrogen and oxygen atoms in total. The van der Waals surface area contributed by atoms with Crippen LogP contribution in [0.25, 0.3) is 0 Å². The van der Waals surface area contributed by atoms with E-state index in [1.54, 1.807) is 24.3 Å². The summed E-state index contributed by atoms with van der Waals surface area (Å²) in [4.78, 5) is 0.225. The molecule has 0 bridgehead atoms. The maximum absolute atomic E-state index is 12.1. The van der Waals surface area contributed by atoms with E-state index in [0.29, 0.717) is 12.8 Å². The molecule has 100 valence electrons. The van der Waals surface area contributed by atoms with Crippen molar-refractivity contribution in [1.29, 1.82) is 0 Å². The van der Waals surface area contributed by atoms with Gasteiger partial charge in [0.1, 0.15) is 0 Å². The van der Waals surface area contributed by atoms with Gasteiger partial charge < -0.3 is 5.11 Å². The average molecular weight is 334 g/mol. The van der Waals surface area contributed by atoms with Crippen molar-refractivity contribution in [2.75, 3.05) is 0 Å². The lowest BCUT2D eigenvalue weighted by molar-refractivity contribution is 0.101. The molecule has 1 aliphatic carbocycles. The minimum Gasteiger partial charge on any atom is -0.391 e. The lowest BCUT2D eigenvalue weighted by Crippen LogP contribution is -2.44. The quantitative estimate of drug-likeness (QED) is 0.889. The molecule has 0 radical (unpaired) electrons. The number of hydrogen-bond donors (Lipinski definition) is 2. The second kappa shape index (κ2) is 5.69. The Morgan fingerprint density at radius 3 is 2.39 bits per heavy atom. The van der Waals surface area contributed by atoms with E-state index in [-0.39, 0.29) is 10.9 Å². The van der Waals surface area contributed by atoms with Gasteiger partial charge in [-0.25, -0.2) is 13.1 Å². The highest BCUT2D eigenvalue weighted by atomic mass is 79.9. The second-order valence-corrected chi connectivity index (χ2v) is 7.16. The number of nitrogens with one attached hydrogen (secondary N) is 1.